The van der Waals surface area contributed by atoms with Crippen LogP contribution in [0.15, 0.2) is 16.6 Å². The van der Waals surface area contributed by atoms with Crippen molar-refractivity contribution in [2.45, 2.75) is 6.54 Å². The molecule has 0 saturated carbocycles. The minimum Gasteiger partial charge on any atom is -0.377 e. The van der Waals surface area contributed by atoms with E-state index in [1.807, 2.05) is 31.1 Å². The molecule has 0 fully saturated rings. The summed E-state index contributed by atoms with van der Waals surface area (Å²) < 4.78 is 0.946. The van der Waals surface area contributed by atoms with E-state index < -0.39 is 0 Å². The van der Waals surface area contributed by atoms with Gasteiger partial charge in [0.1, 0.15) is 0 Å². The fourth-order valence-electron chi connectivity index (χ4n) is 1.13. The van der Waals surface area contributed by atoms with Crippen molar-refractivity contribution in [3.8, 4) is 0 Å². The third kappa shape index (κ3) is 2.40. The first-order valence-electron chi connectivity index (χ1n) is 4.04. The molecule has 0 radical (unpaired) electrons. The molecule has 74 valence electrons. The number of halogens is 2. The molecule has 1 aromatic rings. The molecule has 0 amide bonds. The van der Waals surface area contributed by atoms with Crippen LogP contribution in [0.1, 0.15) is 5.56 Å². The average Bonchev–Trinajstić information content (AvgIpc) is 2.09. The molecule has 0 aromatic heterocycles. The first kappa shape index (κ1) is 11.4. The molecule has 0 spiro atoms. The first-order chi connectivity index (χ1) is 6.56. The van der Waals surface area contributed by atoms with Gasteiger partial charge in [0.2, 0.25) is 6.54 Å². The van der Waals surface area contributed by atoms with Gasteiger partial charge in [0, 0.05) is 18.6 Å². The third-order valence-corrected chi connectivity index (χ3v) is 2.83. The molecule has 0 aliphatic heterocycles. The summed E-state index contributed by atoms with van der Waals surface area (Å²) in [5, 5.41) is 0.637. The summed E-state index contributed by atoms with van der Waals surface area (Å²) in [6.45, 7) is 7.14. The van der Waals surface area contributed by atoms with Crippen molar-refractivity contribution in [1.82, 2.24) is 0 Å². The second kappa shape index (κ2) is 4.68. The van der Waals surface area contributed by atoms with Crippen LogP contribution in [0.25, 0.3) is 4.85 Å². The smallest absolute Gasteiger partial charge is 0.241 e. The predicted molar refractivity (Wildman–Crippen MR) is 63.8 cm³/mol. The molecular formula is C10H10BrClN2. The van der Waals surface area contributed by atoms with Gasteiger partial charge in [-0.15, -0.1) is 0 Å². The van der Waals surface area contributed by atoms with Gasteiger partial charge < -0.3 is 9.74 Å². The highest BCUT2D eigenvalue weighted by atomic mass is 79.9. The van der Waals surface area contributed by atoms with Crippen molar-refractivity contribution in [2.24, 2.45) is 0 Å². The number of hydrogen-bond acceptors (Lipinski definition) is 1. The third-order valence-electron chi connectivity index (χ3n) is 1.85. The SMILES string of the molecule is [C-]#[N+]Cc1cc(N(C)C)c(Br)cc1Cl. The predicted octanol–water partition coefficient (Wildman–Crippen LogP) is 3.59. The second-order valence-corrected chi connectivity index (χ2v) is 4.37. The maximum absolute atomic E-state index is 6.81. The Labute approximate surface area is 97.4 Å². The molecule has 0 heterocycles. The molecule has 0 aliphatic rings. The van der Waals surface area contributed by atoms with Gasteiger partial charge in [-0.3, -0.25) is 0 Å². The van der Waals surface area contributed by atoms with Crippen LogP contribution in [0.5, 0.6) is 0 Å². The van der Waals surface area contributed by atoms with E-state index in [0.29, 0.717) is 11.6 Å². The summed E-state index contributed by atoms with van der Waals surface area (Å²) in [6.07, 6.45) is 0. The van der Waals surface area contributed by atoms with E-state index >= 15 is 0 Å². The normalized spacial score (nSPS) is 9.64. The van der Waals surface area contributed by atoms with Gasteiger partial charge in [0.25, 0.3) is 0 Å². The minimum atomic E-state index is 0.326. The van der Waals surface area contributed by atoms with Gasteiger partial charge in [-0.2, -0.15) is 0 Å². The van der Waals surface area contributed by atoms with Crippen LogP contribution in [0.4, 0.5) is 5.69 Å². The molecule has 1 aromatic carbocycles. The maximum Gasteiger partial charge on any atom is 0.241 e. The van der Waals surface area contributed by atoms with Gasteiger partial charge in [-0.1, -0.05) is 11.6 Å². The molecule has 4 heteroatoms. The van der Waals surface area contributed by atoms with Crippen LogP contribution in [0, 0.1) is 6.57 Å². The number of anilines is 1. The van der Waals surface area contributed by atoms with E-state index in [1.165, 1.54) is 0 Å². The van der Waals surface area contributed by atoms with Gasteiger partial charge in [0.05, 0.1) is 16.3 Å². The fraction of sp³-hybridized carbons (Fsp3) is 0.300. The highest BCUT2D eigenvalue weighted by molar-refractivity contribution is 9.10. The van der Waals surface area contributed by atoms with Gasteiger partial charge >= 0.3 is 0 Å². The summed E-state index contributed by atoms with van der Waals surface area (Å²) in [4.78, 5) is 5.31. The summed E-state index contributed by atoms with van der Waals surface area (Å²) in [5.74, 6) is 0. The Morgan fingerprint density at radius 2 is 2.14 bits per heavy atom. The lowest BCUT2D eigenvalue weighted by Crippen LogP contribution is -2.09. The van der Waals surface area contributed by atoms with Crippen LogP contribution in [0.3, 0.4) is 0 Å². The van der Waals surface area contributed by atoms with Crippen molar-refractivity contribution in [3.63, 3.8) is 0 Å². The van der Waals surface area contributed by atoms with Gasteiger partial charge in [0.15, 0.2) is 0 Å². The topological polar surface area (TPSA) is 7.60 Å². The quantitative estimate of drug-likeness (QED) is 0.747. The number of benzene rings is 1. The summed E-state index contributed by atoms with van der Waals surface area (Å²) in [6, 6.07) is 3.77. The largest absolute Gasteiger partial charge is 0.377 e. The van der Waals surface area contributed by atoms with E-state index in [-0.39, 0.29) is 0 Å². The van der Waals surface area contributed by atoms with Crippen molar-refractivity contribution in [3.05, 3.63) is 38.6 Å². The lowest BCUT2D eigenvalue weighted by molar-refractivity contribution is 1.11. The number of hydrogen-bond donors (Lipinski definition) is 0. The Bertz CT molecular complexity index is 382. The van der Waals surface area contributed by atoms with E-state index in [9.17, 15) is 0 Å². The van der Waals surface area contributed by atoms with Crippen molar-refractivity contribution >= 4 is 33.2 Å². The van der Waals surface area contributed by atoms with Crippen molar-refractivity contribution in [2.75, 3.05) is 19.0 Å². The monoisotopic (exact) mass is 272 g/mol. The highest BCUT2D eigenvalue weighted by Crippen LogP contribution is 2.31. The van der Waals surface area contributed by atoms with E-state index in [1.54, 1.807) is 0 Å². The molecular weight excluding hydrogens is 263 g/mol. The maximum atomic E-state index is 6.81. The Hall–Kier alpha value is -0.720. The zero-order valence-electron chi connectivity index (χ0n) is 8.01. The van der Waals surface area contributed by atoms with E-state index in [0.717, 1.165) is 15.7 Å². The lowest BCUT2D eigenvalue weighted by atomic mass is 10.2. The van der Waals surface area contributed by atoms with Gasteiger partial charge in [-0.25, -0.2) is 6.57 Å². The van der Waals surface area contributed by atoms with Crippen molar-refractivity contribution in [1.29, 1.82) is 0 Å². The summed E-state index contributed by atoms with van der Waals surface area (Å²) in [7, 11) is 3.91. The molecule has 0 N–H and O–H groups in total. The molecule has 0 unspecified atom stereocenters. The lowest BCUT2D eigenvalue weighted by Gasteiger charge is -2.15. The molecule has 0 bridgehead atoms. The Morgan fingerprint density at radius 1 is 1.50 bits per heavy atom. The number of rotatable bonds is 2. The Morgan fingerprint density at radius 3 is 2.64 bits per heavy atom. The zero-order valence-corrected chi connectivity index (χ0v) is 10.4. The standard InChI is InChI=1S/C10H10BrClN2/c1-13-6-7-4-10(14(2)3)8(11)5-9(7)12/h4-5H,6H2,2-3H3. The van der Waals surface area contributed by atoms with Crippen molar-refractivity contribution < 1.29 is 0 Å². The van der Waals surface area contributed by atoms with Crippen LogP contribution >= 0.6 is 27.5 Å². The molecule has 0 aliphatic carbocycles. The molecule has 1 rings (SSSR count). The van der Waals surface area contributed by atoms with Crippen LogP contribution < -0.4 is 4.90 Å². The van der Waals surface area contributed by atoms with Gasteiger partial charge in [-0.05, 0) is 28.1 Å². The first-order valence-corrected chi connectivity index (χ1v) is 5.22. The Balaban J connectivity index is 3.21. The minimum absolute atomic E-state index is 0.326. The fourth-order valence-corrected chi connectivity index (χ4v) is 2.18. The van der Waals surface area contributed by atoms with Crippen LogP contribution in [0.2, 0.25) is 5.02 Å². The molecule has 2 nitrogen and oxygen atoms in total. The van der Waals surface area contributed by atoms with Crippen LogP contribution in [-0.2, 0) is 6.54 Å². The van der Waals surface area contributed by atoms with E-state index in [4.69, 9.17) is 18.2 Å². The molecule has 0 atom stereocenters. The second-order valence-electron chi connectivity index (χ2n) is 3.11. The Kier molecular flexibility index (Phi) is 3.79. The average molecular weight is 274 g/mol. The van der Waals surface area contributed by atoms with E-state index in [2.05, 4.69) is 20.8 Å². The highest BCUT2D eigenvalue weighted by Gasteiger charge is 2.09. The zero-order chi connectivity index (χ0) is 10.7. The molecule has 14 heavy (non-hydrogen) atoms. The number of nitrogens with zero attached hydrogens (tertiary/aromatic N) is 2. The van der Waals surface area contributed by atoms with Crippen LogP contribution in [-0.4, -0.2) is 14.1 Å². The summed E-state index contributed by atoms with van der Waals surface area (Å²) >= 11 is 9.42. The molecule has 0 saturated heterocycles. The summed E-state index contributed by atoms with van der Waals surface area (Å²) in [5.41, 5.74) is 1.90.